The van der Waals surface area contributed by atoms with Crippen molar-refractivity contribution in [3.8, 4) is 0 Å². The highest BCUT2D eigenvalue weighted by Gasteiger charge is 2.35. The number of thiophene rings is 1. The molecule has 0 aliphatic heterocycles. The molecule has 0 saturated carbocycles. The molecule has 2 aromatic carbocycles. The van der Waals surface area contributed by atoms with Crippen LogP contribution in [0.3, 0.4) is 0 Å². The van der Waals surface area contributed by atoms with Gasteiger partial charge in [0.2, 0.25) is 11.8 Å². The number of nitrogens with one attached hydrogen (secondary N) is 1. The summed E-state index contributed by atoms with van der Waals surface area (Å²) in [6.07, 6.45) is 0. The van der Waals surface area contributed by atoms with E-state index in [0.717, 1.165) is 22.2 Å². The second-order valence-electron chi connectivity index (χ2n) is 9.42. The fraction of sp³-hybridized carbons (Fsp3) is 0.308. The summed E-state index contributed by atoms with van der Waals surface area (Å²) in [7, 11) is 0. The van der Waals surface area contributed by atoms with E-state index in [1.54, 1.807) is 9.58 Å². The molecule has 0 saturated heterocycles. The van der Waals surface area contributed by atoms with Crippen LogP contribution in [0.25, 0.3) is 11.0 Å². The molecule has 0 aliphatic carbocycles. The Bertz CT molecular complexity index is 1320. The minimum absolute atomic E-state index is 0.0443. The van der Waals surface area contributed by atoms with Crippen LogP contribution in [0.2, 0.25) is 0 Å². The number of hydrogen-bond acceptors (Lipinski definition) is 5. The molecule has 176 valence electrons. The molecule has 2 heterocycles. The summed E-state index contributed by atoms with van der Waals surface area (Å²) in [6, 6.07) is 14.4. The Morgan fingerprint density at radius 2 is 1.85 bits per heavy atom. The third-order valence-corrected chi connectivity index (χ3v) is 6.37. The van der Waals surface area contributed by atoms with Gasteiger partial charge in [0.15, 0.2) is 0 Å². The number of aryl methyl sites for hydroxylation is 1. The number of rotatable bonds is 6. The number of para-hydroxylation sites is 1. The highest BCUT2D eigenvalue weighted by molar-refractivity contribution is 7.08. The molecular formula is C26H29N5O2S. The molecule has 4 aromatic rings. The first-order valence-electron chi connectivity index (χ1n) is 11.2. The Hall–Kier alpha value is -3.52. The molecule has 34 heavy (non-hydrogen) atoms. The first-order valence-corrected chi connectivity index (χ1v) is 12.1. The second-order valence-corrected chi connectivity index (χ2v) is 10.2. The maximum Gasteiger partial charge on any atom is 0.249 e. The number of fused-ring (bicyclic) bond motifs is 1. The summed E-state index contributed by atoms with van der Waals surface area (Å²) in [5.74, 6) is -0.479. The van der Waals surface area contributed by atoms with E-state index in [4.69, 9.17) is 0 Å². The Balaban J connectivity index is 1.83. The Morgan fingerprint density at radius 3 is 2.56 bits per heavy atom. The predicted molar refractivity (Wildman–Crippen MR) is 136 cm³/mol. The van der Waals surface area contributed by atoms with Gasteiger partial charge in [0, 0.05) is 11.2 Å². The maximum atomic E-state index is 14.0. The van der Waals surface area contributed by atoms with Gasteiger partial charge in [0.05, 0.1) is 5.52 Å². The van der Waals surface area contributed by atoms with Crippen LogP contribution in [0.15, 0.2) is 59.3 Å². The monoisotopic (exact) mass is 475 g/mol. The molecule has 1 N–H and O–H groups in total. The van der Waals surface area contributed by atoms with E-state index in [0.29, 0.717) is 11.2 Å². The molecule has 2 amide bonds. The van der Waals surface area contributed by atoms with Crippen molar-refractivity contribution in [1.82, 2.24) is 20.3 Å². The van der Waals surface area contributed by atoms with Crippen molar-refractivity contribution in [1.29, 1.82) is 0 Å². The van der Waals surface area contributed by atoms with E-state index >= 15 is 0 Å². The van der Waals surface area contributed by atoms with Crippen molar-refractivity contribution >= 4 is 39.9 Å². The van der Waals surface area contributed by atoms with E-state index in [1.807, 2.05) is 93.9 Å². The predicted octanol–water partition coefficient (Wildman–Crippen LogP) is 4.80. The van der Waals surface area contributed by atoms with Gasteiger partial charge in [-0.2, -0.15) is 11.3 Å². The molecule has 0 unspecified atom stereocenters. The third-order valence-electron chi connectivity index (χ3n) is 5.67. The van der Waals surface area contributed by atoms with Crippen LogP contribution in [-0.2, 0) is 16.1 Å². The molecule has 2 aromatic heterocycles. The number of carbonyl (C=O) groups excluding carboxylic acids is 2. The van der Waals surface area contributed by atoms with Crippen molar-refractivity contribution in [3.63, 3.8) is 0 Å². The average molecular weight is 476 g/mol. The number of aromatic nitrogens is 3. The number of benzene rings is 2. The largest absolute Gasteiger partial charge is 0.349 e. The highest BCUT2D eigenvalue weighted by Crippen LogP contribution is 2.33. The van der Waals surface area contributed by atoms with E-state index in [-0.39, 0.29) is 18.4 Å². The summed E-state index contributed by atoms with van der Waals surface area (Å²) in [6.45, 7) is 9.73. The van der Waals surface area contributed by atoms with Gasteiger partial charge < -0.3 is 5.32 Å². The van der Waals surface area contributed by atoms with Crippen LogP contribution in [0.4, 0.5) is 5.69 Å². The van der Waals surface area contributed by atoms with Crippen molar-refractivity contribution in [2.24, 2.45) is 0 Å². The standard InChI is InChI=1S/C26H29N5O2S/c1-17-9-8-12-21(18(17)2)31(23(32)15-30-22-11-7-6-10-20(22)28-29-30)24(19-13-14-34-16-19)25(33)27-26(3,4)5/h6-14,16,24H,15H2,1-5H3,(H,27,33)/t24-/m1/s1. The zero-order valence-electron chi connectivity index (χ0n) is 20.1. The maximum absolute atomic E-state index is 14.0. The lowest BCUT2D eigenvalue weighted by Gasteiger charge is -2.34. The lowest BCUT2D eigenvalue weighted by molar-refractivity contribution is -0.128. The van der Waals surface area contributed by atoms with Crippen LogP contribution >= 0.6 is 11.3 Å². The first kappa shape index (κ1) is 23.6. The van der Waals surface area contributed by atoms with Gasteiger partial charge in [-0.25, -0.2) is 4.68 Å². The molecular weight excluding hydrogens is 446 g/mol. The summed E-state index contributed by atoms with van der Waals surface area (Å²) >= 11 is 1.50. The number of nitrogens with zero attached hydrogens (tertiary/aromatic N) is 4. The van der Waals surface area contributed by atoms with Crippen LogP contribution in [0.1, 0.15) is 43.5 Å². The number of carbonyl (C=O) groups is 2. The summed E-state index contributed by atoms with van der Waals surface area (Å²) in [4.78, 5) is 29.3. The molecule has 0 radical (unpaired) electrons. The molecule has 1 atom stereocenters. The van der Waals surface area contributed by atoms with Gasteiger partial charge in [0.25, 0.3) is 0 Å². The van der Waals surface area contributed by atoms with Crippen LogP contribution < -0.4 is 10.2 Å². The van der Waals surface area contributed by atoms with Gasteiger partial charge in [-0.3, -0.25) is 14.5 Å². The Morgan fingerprint density at radius 1 is 1.09 bits per heavy atom. The number of anilines is 1. The number of amides is 2. The molecule has 0 spiro atoms. The fourth-order valence-corrected chi connectivity index (χ4v) is 4.62. The SMILES string of the molecule is Cc1cccc(N(C(=O)Cn2nnc3ccccc32)[C@@H](C(=O)NC(C)(C)C)c2ccsc2)c1C. The average Bonchev–Trinajstić information content (AvgIpc) is 3.43. The van der Waals surface area contributed by atoms with Crippen molar-refractivity contribution in [3.05, 3.63) is 76.0 Å². The molecule has 0 aliphatic rings. The normalized spacial score (nSPS) is 12.5. The highest BCUT2D eigenvalue weighted by atomic mass is 32.1. The molecule has 0 fully saturated rings. The molecule has 4 rings (SSSR count). The quantitative estimate of drug-likeness (QED) is 0.434. The van der Waals surface area contributed by atoms with Crippen LogP contribution in [0.5, 0.6) is 0 Å². The van der Waals surface area contributed by atoms with E-state index in [1.165, 1.54) is 11.3 Å². The smallest absolute Gasteiger partial charge is 0.249 e. The molecule has 8 heteroatoms. The molecule has 0 bridgehead atoms. The van der Waals surface area contributed by atoms with E-state index in [9.17, 15) is 9.59 Å². The first-order chi connectivity index (χ1) is 16.2. The van der Waals surface area contributed by atoms with Gasteiger partial charge in [-0.15, -0.1) is 5.10 Å². The van der Waals surface area contributed by atoms with Gasteiger partial charge in [0.1, 0.15) is 18.1 Å². The second kappa shape index (κ2) is 9.38. The zero-order valence-corrected chi connectivity index (χ0v) is 20.9. The topological polar surface area (TPSA) is 80.1 Å². The number of hydrogen-bond donors (Lipinski definition) is 1. The Labute approximate surface area is 203 Å². The summed E-state index contributed by atoms with van der Waals surface area (Å²) in [5.41, 5.74) is 4.49. The van der Waals surface area contributed by atoms with Gasteiger partial charge in [-0.05, 0) is 86.3 Å². The van der Waals surface area contributed by atoms with E-state index < -0.39 is 11.6 Å². The zero-order chi connectivity index (χ0) is 24.5. The van der Waals surface area contributed by atoms with Gasteiger partial charge in [-0.1, -0.05) is 29.5 Å². The summed E-state index contributed by atoms with van der Waals surface area (Å²) in [5, 5.41) is 15.3. The lowest BCUT2D eigenvalue weighted by atomic mass is 10.0. The minimum atomic E-state index is -0.826. The van der Waals surface area contributed by atoms with Crippen LogP contribution in [0, 0.1) is 13.8 Å². The van der Waals surface area contributed by atoms with Crippen LogP contribution in [-0.4, -0.2) is 32.3 Å². The minimum Gasteiger partial charge on any atom is -0.349 e. The van der Waals surface area contributed by atoms with Crippen molar-refractivity contribution < 1.29 is 9.59 Å². The fourth-order valence-electron chi connectivity index (χ4n) is 3.94. The van der Waals surface area contributed by atoms with E-state index in [2.05, 4.69) is 15.6 Å². The molecule has 7 nitrogen and oxygen atoms in total. The Kier molecular flexibility index (Phi) is 6.52. The van der Waals surface area contributed by atoms with Crippen molar-refractivity contribution in [2.45, 2.75) is 52.7 Å². The van der Waals surface area contributed by atoms with Crippen molar-refractivity contribution in [2.75, 3.05) is 4.90 Å². The van der Waals surface area contributed by atoms with Gasteiger partial charge >= 0.3 is 0 Å². The summed E-state index contributed by atoms with van der Waals surface area (Å²) < 4.78 is 1.59. The lowest BCUT2D eigenvalue weighted by Crippen LogP contribution is -2.50. The third kappa shape index (κ3) is 4.87.